The molecule has 84 valence electrons. The van der Waals surface area contributed by atoms with Gasteiger partial charge in [-0.25, -0.2) is 20.8 Å². The van der Waals surface area contributed by atoms with Crippen molar-refractivity contribution in [1.29, 1.82) is 0 Å². The van der Waals surface area contributed by atoms with E-state index < -0.39 is 0 Å². The molecule has 5 nitrogen and oxygen atoms in total. The third-order valence-corrected chi connectivity index (χ3v) is 2.91. The van der Waals surface area contributed by atoms with Crippen molar-refractivity contribution in [2.45, 2.75) is 20.3 Å². The van der Waals surface area contributed by atoms with Crippen LogP contribution in [0.3, 0.4) is 0 Å². The summed E-state index contributed by atoms with van der Waals surface area (Å²) < 4.78 is 0. The lowest BCUT2D eigenvalue weighted by Gasteiger charge is -2.04. The Morgan fingerprint density at radius 2 is 2.19 bits per heavy atom. The minimum absolute atomic E-state index is 0.618. The van der Waals surface area contributed by atoms with Crippen molar-refractivity contribution < 1.29 is 0 Å². The zero-order chi connectivity index (χ0) is 11.5. The number of nitrogen functional groups attached to an aromatic ring is 1. The van der Waals surface area contributed by atoms with E-state index in [1.165, 1.54) is 0 Å². The van der Waals surface area contributed by atoms with Gasteiger partial charge in [-0.05, 0) is 13.3 Å². The van der Waals surface area contributed by atoms with Crippen LogP contribution in [0.1, 0.15) is 17.6 Å². The van der Waals surface area contributed by atoms with Gasteiger partial charge in [-0.3, -0.25) is 0 Å². The van der Waals surface area contributed by atoms with Crippen molar-refractivity contribution in [3.05, 3.63) is 22.1 Å². The number of thiazole rings is 1. The Labute approximate surface area is 97.7 Å². The highest BCUT2D eigenvalue weighted by molar-refractivity contribution is 7.09. The molecule has 0 aliphatic heterocycles. The fourth-order valence-electron chi connectivity index (χ4n) is 1.33. The average Bonchev–Trinajstić information content (AvgIpc) is 2.75. The molecular formula is C10H13N5S. The predicted octanol–water partition coefficient (Wildman–Crippen LogP) is 1.76. The maximum absolute atomic E-state index is 5.37. The Balaban J connectivity index is 2.47. The quantitative estimate of drug-likeness (QED) is 0.626. The van der Waals surface area contributed by atoms with Crippen molar-refractivity contribution in [2.75, 3.05) is 5.43 Å². The standard InChI is InChI=1S/C10H13N5S/c1-3-7-4-9(15-11)14-10(13-7)8-5-16-6(2)12-8/h4-5H,3,11H2,1-2H3,(H,13,14,15). The van der Waals surface area contributed by atoms with Crippen LogP contribution in [0.4, 0.5) is 5.82 Å². The van der Waals surface area contributed by atoms with Crippen molar-refractivity contribution in [2.24, 2.45) is 5.84 Å². The van der Waals surface area contributed by atoms with E-state index in [0.29, 0.717) is 11.6 Å². The summed E-state index contributed by atoms with van der Waals surface area (Å²) in [5, 5.41) is 2.95. The fourth-order valence-corrected chi connectivity index (χ4v) is 1.92. The Bertz CT molecular complexity index is 471. The number of nitrogens with zero attached hydrogens (tertiary/aromatic N) is 3. The largest absolute Gasteiger partial charge is 0.308 e. The van der Waals surface area contributed by atoms with Gasteiger partial charge in [0.1, 0.15) is 11.5 Å². The number of hydrogen-bond donors (Lipinski definition) is 2. The summed E-state index contributed by atoms with van der Waals surface area (Å²) in [5.74, 6) is 6.61. The minimum Gasteiger partial charge on any atom is -0.308 e. The number of aryl methyl sites for hydroxylation is 2. The molecule has 16 heavy (non-hydrogen) atoms. The van der Waals surface area contributed by atoms with Crippen LogP contribution < -0.4 is 11.3 Å². The van der Waals surface area contributed by atoms with Gasteiger partial charge in [0.2, 0.25) is 0 Å². The third-order valence-electron chi connectivity index (χ3n) is 2.14. The van der Waals surface area contributed by atoms with E-state index in [9.17, 15) is 0 Å². The first-order valence-corrected chi connectivity index (χ1v) is 5.88. The SMILES string of the molecule is CCc1cc(NN)nc(-c2csc(C)n2)n1. The molecule has 0 radical (unpaired) electrons. The molecule has 2 heterocycles. The lowest BCUT2D eigenvalue weighted by molar-refractivity contribution is 0.995. The Morgan fingerprint density at radius 1 is 1.38 bits per heavy atom. The van der Waals surface area contributed by atoms with Crippen LogP contribution in [0.25, 0.3) is 11.5 Å². The first-order valence-electron chi connectivity index (χ1n) is 5.00. The summed E-state index contributed by atoms with van der Waals surface area (Å²) in [6.07, 6.45) is 0.841. The van der Waals surface area contributed by atoms with Gasteiger partial charge < -0.3 is 5.43 Å². The predicted molar refractivity (Wildman–Crippen MR) is 65.1 cm³/mol. The van der Waals surface area contributed by atoms with E-state index >= 15 is 0 Å². The van der Waals surface area contributed by atoms with Crippen LogP contribution in [0.15, 0.2) is 11.4 Å². The molecular weight excluding hydrogens is 222 g/mol. The van der Waals surface area contributed by atoms with Crippen LogP contribution in [-0.4, -0.2) is 15.0 Å². The molecule has 0 aliphatic carbocycles. The highest BCUT2D eigenvalue weighted by atomic mass is 32.1. The fraction of sp³-hybridized carbons (Fsp3) is 0.300. The molecule has 0 unspecified atom stereocenters. The van der Waals surface area contributed by atoms with Crippen molar-refractivity contribution >= 4 is 17.2 Å². The normalized spacial score (nSPS) is 10.4. The summed E-state index contributed by atoms with van der Waals surface area (Å²) in [6.45, 7) is 4.00. The van der Waals surface area contributed by atoms with Crippen LogP contribution in [-0.2, 0) is 6.42 Å². The second-order valence-corrected chi connectivity index (χ2v) is 4.38. The summed E-state index contributed by atoms with van der Waals surface area (Å²) >= 11 is 1.58. The van der Waals surface area contributed by atoms with E-state index in [4.69, 9.17) is 5.84 Å². The number of nitrogens with one attached hydrogen (secondary N) is 1. The number of aromatic nitrogens is 3. The monoisotopic (exact) mass is 235 g/mol. The van der Waals surface area contributed by atoms with Crippen LogP contribution in [0.2, 0.25) is 0 Å². The number of hydrazine groups is 1. The van der Waals surface area contributed by atoms with Gasteiger partial charge in [-0.1, -0.05) is 6.92 Å². The second-order valence-electron chi connectivity index (χ2n) is 3.32. The summed E-state index contributed by atoms with van der Waals surface area (Å²) in [4.78, 5) is 13.1. The highest BCUT2D eigenvalue weighted by Crippen LogP contribution is 2.20. The molecule has 0 aliphatic rings. The van der Waals surface area contributed by atoms with Crippen molar-refractivity contribution in [3.8, 4) is 11.5 Å². The Morgan fingerprint density at radius 3 is 2.75 bits per heavy atom. The first kappa shape index (κ1) is 11.0. The molecule has 2 aromatic rings. The summed E-state index contributed by atoms with van der Waals surface area (Å²) in [6, 6.07) is 1.84. The smallest absolute Gasteiger partial charge is 0.181 e. The van der Waals surface area contributed by atoms with E-state index in [-0.39, 0.29) is 0 Å². The van der Waals surface area contributed by atoms with Crippen molar-refractivity contribution in [3.63, 3.8) is 0 Å². The third kappa shape index (κ3) is 2.17. The maximum Gasteiger partial charge on any atom is 0.181 e. The zero-order valence-electron chi connectivity index (χ0n) is 9.19. The Kier molecular flexibility index (Phi) is 3.12. The number of anilines is 1. The Hall–Kier alpha value is -1.53. The summed E-state index contributed by atoms with van der Waals surface area (Å²) in [7, 11) is 0. The van der Waals surface area contributed by atoms with Gasteiger partial charge >= 0.3 is 0 Å². The van der Waals surface area contributed by atoms with Gasteiger partial charge in [0.05, 0.1) is 5.01 Å². The van der Waals surface area contributed by atoms with Gasteiger partial charge in [-0.2, -0.15) is 0 Å². The molecule has 0 bridgehead atoms. The van der Waals surface area contributed by atoms with Gasteiger partial charge in [-0.15, -0.1) is 11.3 Å². The van der Waals surface area contributed by atoms with Crippen molar-refractivity contribution in [1.82, 2.24) is 15.0 Å². The molecule has 0 atom stereocenters. The van der Waals surface area contributed by atoms with E-state index in [1.807, 2.05) is 25.3 Å². The molecule has 0 aromatic carbocycles. The molecule has 0 saturated heterocycles. The van der Waals surface area contributed by atoms with Gasteiger partial charge in [0.25, 0.3) is 0 Å². The molecule has 2 rings (SSSR count). The molecule has 3 N–H and O–H groups in total. The summed E-state index contributed by atoms with van der Waals surface area (Å²) in [5.41, 5.74) is 4.29. The molecule has 2 aromatic heterocycles. The van der Waals surface area contributed by atoms with Gasteiger partial charge in [0, 0.05) is 17.1 Å². The van der Waals surface area contributed by atoms with E-state index in [1.54, 1.807) is 11.3 Å². The second kappa shape index (κ2) is 4.54. The van der Waals surface area contributed by atoms with Crippen LogP contribution in [0, 0.1) is 6.92 Å². The molecule has 6 heteroatoms. The van der Waals surface area contributed by atoms with Crippen LogP contribution >= 0.6 is 11.3 Å². The lowest BCUT2D eigenvalue weighted by Crippen LogP contribution is -2.10. The van der Waals surface area contributed by atoms with E-state index in [0.717, 1.165) is 22.8 Å². The molecule has 0 amide bonds. The minimum atomic E-state index is 0.618. The number of hydrogen-bond acceptors (Lipinski definition) is 6. The average molecular weight is 235 g/mol. The zero-order valence-corrected chi connectivity index (χ0v) is 10.0. The topological polar surface area (TPSA) is 76.7 Å². The number of rotatable bonds is 3. The van der Waals surface area contributed by atoms with Crippen LogP contribution in [0.5, 0.6) is 0 Å². The van der Waals surface area contributed by atoms with E-state index in [2.05, 4.69) is 20.4 Å². The lowest BCUT2D eigenvalue weighted by atomic mass is 10.3. The highest BCUT2D eigenvalue weighted by Gasteiger charge is 2.08. The molecule has 0 saturated carbocycles. The molecule has 0 fully saturated rings. The number of nitrogens with two attached hydrogens (primary N) is 1. The van der Waals surface area contributed by atoms with Gasteiger partial charge in [0.15, 0.2) is 5.82 Å². The molecule has 0 spiro atoms. The first-order chi connectivity index (χ1) is 7.72. The maximum atomic E-state index is 5.37.